The molecule has 0 N–H and O–H groups in total. The molecule has 4 nitrogen and oxygen atoms in total. The molecule has 0 aliphatic carbocycles. The number of aryl methyl sites for hydroxylation is 12. The summed E-state index contributed by atoms with van der Waals surface area (Å²) < 4.78 is 48.4. The fourth-order valence-corrected chi connectivity index (χ4v) is 8.98. The van der Waals surface area contributed by atoms with Crippen LogP contribution in [-0.4, -0.2) is 28.2 Å². The third kappa shape index (κ3) is 13.4. The highest BCUT2D eigenvalue weighted by molar-refractivity contribution is 8.13. The van der Waals surface area contributed by atoms with Crippen molar-refractivity contribution in [3.63, 3.8) is 0 Å². The van der Waals surface area contributed by atoms with Crippen LogP contribution in [0.3, 0.4) is 0 Å². The first-order valence-corrected chi connectivity index (χ1v) is 23.8. The van der Waals surface area contributed by atoms with Crippen molar-refractivity contribution in [2.75, 3.05) is 0 Å². The Hall–Kier alpha value is -1.53. The van der Waals surface area contributed by atoms with Gasteiger partial charge in [-0.1, -0.05) is 65.2 Å². The van der Waals surface area contributed by atoms with Crippen LogP contribution >= 0.6 is 40.8 Å². The highest BCUT2D eigenvalue weighted by atomic mass is 35.8. The molecule has 256 valence electrons. The predicted molar refractivity (Wildman–Crippen MR) is 204 cm³/mol. The molecule has 0 heterocycles. The minimum Gasteiger partial charge on any atom is -0.218 e. The van der Waals surface area contributed by atoms with Gasteiger partial charge in [-0.05, 0) is 139 Å². The van der Waals surface area contributed by atoms with Gasteiger partial charge in [0.1, 0.15) is 0 Å². The van der Waals surface area contributed by atoms with Gasteiger partial charge in [0.15, 0.2) is 0 Å². The summed E-state index contributed by atoms with van der Waals surface area (Å²) in [6.07, 6.45) is 0. The molecular weight excluding hydrogens is 729 g/mol. The van der Waals surface area contributed by atoms with Crippen molar-refractivity contribution in [3.05, 3.63) is 121 Å². The molecule has 0 aliphatic rings. The van der Waals surface area contributed by atoms with Crippen LogP contribution in [-0.2, 0) is 18.9 Å². The number of sulfone groups is 1. The van der Waals surface area contributed by atoms with Crippen LogP contribution in [0.5, 0.6) is 0 Å². The third-order valence-electron chi connectivity index (χ3n) is 7.47. The lowest BCUT2D eigenvalue weighted by molar-refractivity contribution is 0.594. The number of hydrogen-bond acceptors (Lipinski definition) is 4. The van der Waals surface area contributed by atoms with E-state index in [0.29, 0.717) is 20.9 Å². The zero-order valence-corrected chi connectivity index (χ0v) is 35.0. The number of hydrogen-bond donors (Lipinski definition) is 0. The molecule has 0 saturated heterocycles. The molecule has 0 bridgehead atoms. The summed E-state index contributed by atoms with van der Waals surface area (Å²) in [6.45, 7) is 23.3. The Morgan fingerprint density at radius 3 is 1.13 bits per heavy atom. The Bertz CT molecular complexity index is 1890. The maximum absolute atomic E-state index is 13.1. The standard InChI is InChI=1S/C18H22O2S.C9H11ClO2S.C9H12.Al.3ClH/c1-11-7-15(5)18(16(6)8-11)21(19,20)17-10-13(3)12(2)9-14(17)4;1-6-4-7(2)9(8(3)5-6)13(10,11)12;1-7-4-5-8(2)9(3)6-7;;;;/h7-10H,1-6H3;4-5H,1-3H3;4-6H,1-3H3;;3*1H/q;;;+3;;;/p-3. The van der Waals surface area contributed by atoms with Gasteiger partial charge in [0, 0.05) is 10.7 Å². The fourth-order valence-electron chi connectivity index (χ4n) is 5.37. The van der Waals surface area contributed by atoms with E-state index in [1.54, 1.807) is 19.9 Å². The van der Waals surface area contributed by atoms with Gasteiger partial charge in [0.2, 0.25) is 9.84 Å². The minimum atomic E-state index is -3.61. The molecular formula is C36H45AlCl4O4S2. The van der Waals surface area contributed by atoms with Gasteiger partial charge in [-0.3, -0.25) is 0 Å². The van der Waals surface area contributed by atoms with Crippen molar-refractivity contribution in [3.8, 4) is 0 Å². The lowest BCUT2D eigenvalue weighted by Crippen LogP contribution is -2.09. The fraction of sp³-hybridized carbons (Fsp3) is 0.333. The van der Waals surface area contributed by atoms with Crippen molar-refractivity contribution in [1.29, 1.82) is 0 Å². The van der Waals surface area contributed by atoms with Gasteiger partial charge in [-0.15, -0.1) is 0 Å². The molecule has 11 heteroatoms. The van der Waals surface area contributed by atoms with E-state index in [1.165, 1.54) is 16.7 Å². The van der Waals surface area contributed by atoms with Crippen molar-refractivity contribution in [2.24, 2.45) is 0 Å². The molecule has 4 aromatic rings. The molecule has 0 radical (unpaired) electrons. The Morgan fingerprint density at radius 1 is 0.426 bits per heavy atom. The van der Waals surface area contributed by atoms with E-state index in [0.717, 1.165) is 38.9 Å². The highest BCUT2D eigenvalue weighted by Crippen LogP contribution is 2.31. The summed E-state index contributed by atoms with van der Waals surface area (Å²) in [5.74, 6) is 0. The molecule has 47 heavy (non-hydrogen) atoms. The summed E-state index contributed by atoms with van der Waals surface area (Å²) >= 11 is -1.72. The first-order chi connectivity index (χ1) is 21.4. The quantitative estimate of drug-likeness (QED) is 0.154. The predicted octanol–water partition coefficient (Wildman–Crippen LogP) is 11.2. The number of halogens is 4. The normalized spacial score (nSPS) is 10.9. The molecule has 0 unspecified atom stereocenters. The maximum atomic E-state index is 13.1. The Kier molecular flexibility index (Phi) is 17.1. The average molecular weight is 775 g/mol. The van der Waals surface area contributed by atoms with Gasteiger partial charge in [-0.25, -0.2) is 47.0 Å². The van der Waals surface area contributed by atoms with Crippen molar-refractivity contribution >= 4 is 71.1 Å². The molecule has 0 aromatic heterocycles. The van der Waals surface area contributed by atoms with Crippen molar-refractivity contribution in [2.45, 2.75) is 97.8 Å². The van der Waals surface area contributed by atoms with E-state index in [-0.39, 0.29) is 4.90 Å². The monoisotopic (exact) mass is 772 g/mol. The minimum absolute atomic E-state index is 0.236. The second kappa shape index (κ2) is 18.5. The number of benzene rings is 4. The summed E-state index contributed by atoms with van der Waals surface area (Å²) in [5.41, 5.74) is 12.2. The average Bonchev–Trinajstić information content (AvgIpc) is 2.86. The van der Waals surface area contributed by atoms with Gasteiger partial charge in [0.05, 0.1) is 14.7 Å². The van der Waals surface area contributed by atoms with Crippen LogP contribution in [0, 0.1) is 83.1 Å². The Morgan fingerprint density at radius 2 is 0.766 bits per heavy atom. The molecule has 0 aliphatic heterocycles. The van der Waals surface area contributed by atoms with Crippen molar-refractivity contribution in [1.82, 2.24) is 0 Å². The molecule has 0 spiro atoms. The van der Waals surface area contributed by atoms with Crippen LogP contribution in [0.25, 0.3) is 0 Å². The van der Waals surface area contributed by atoms with E-state index in [1.807, 2.05) is 78.8 Å². The largest absolute Gasteiger partial charge is 0.643 e. The zero-order chi connectivity index (χ0) is 36.6. The molecule has 0 saturated carbocycles. The molecule has 4 aromatic carbocycles. The maximum Gasteiger partial charge on any atom is 0.643 e. The Balaban J connectivity index is 0.000000361. The summed E-state index contributed by atoms with van der Waals surface area (Å²) in [5, 5.41) is 0. The van der Waals surface area contributed by atoms with E-state index in [9.17, 15) is 16.8 Å². The molecule has 0 fully saturated rings. The molecule has 4 rings (SSSR count). The second-order valence-corrected chi connectivity index (χ2v) is 22.7. The SMILES string of the molecule is Cc1cc(C)c(S(=O)(=O)Cl)c(C)c1.Cc1cc(C)c(S(=O)(=O)c2cc(C)c(C)cc2C)c(C)c1.Cc1ccc(C)c(C)c1.[Cl][Al]([Cl])[Cl]. The van der Waals surface area contributed by atoms with Crippen LogP contribution in [0.15, 0.2) is 69.3 Å². The first-order valence-electron chi connectivity index (χ1n) is 14.8. The smallest absolute Gasteiger partial charge is 0.218 e. The highest BCUT2D eigenvalue weighted by Gasteiger charge is 2.24. The first kappa shape index (κ1) is 43.5. The third-order valence-corrected chi connectivity index (χ3v) is 11.3. The van der Waals surface area contributed by atoms with Gasteiger partial charge >= 0.3 is 11.4 Å². The topological polar surface area (TPSA) is 68.3 Å². The van der Waals surface area contributed by atoms with Crippen LogP contribution < -0.4 is 0 Å². The van der Waals surface area contributed by atoms with Crippen molar-refractivity contribution < 1.29 is 16.8 Å². The van der Waals surface area contributed by atoms with E-state index in [2.05, 4.69) is 39.0 Å². The van der Waals surface area contributed by atoms with E-state index >= 15 is 0 Å². The summed E-state index contributed by atoms with van der Waals surface area (Å²) in [4.78, 5) is 1.10. The van der Waals surface area contributed by atoms with Gasteiger partial charge in [-0.2, -0.15) is 0 Å². The lowest BCUT2D eigenvalue weighted by Gasteiger charge is -2.15. The van der Waals surface area contributed by atoms with E-state index in [4.69, 9.17) is 40.8 Å². The molecule has 0 amide bonds. The van der Waals surface area contributed by atoms with E-state index < -0.39 is 30.3 Å². The second-order valence-electron chi connectivity index (χ2n) is 11.9. The van der Waals surface area contributed by atoms with Crippen LogP contribution in [0.1, 0.15) is 66.8 Å². The summed E-state index contributed by atoms with van der Waals surface area (Å²) in [7, 11) is 13.0. The Labute approximate surface area is 304 Å². The van der Waals surface area contributed by atoms with Gasteiger partial charge < -0.3 is 0 Å². The van der Waals surface area contributed by atoms with Gasteiger partial charge in [0.25, 0.3) is 9.05 Å². The lowest BCUT2D eigenvalue weighted by atomic mass is 10.1. The van der Waals surface area contributed by atoms with Crippen LogP contribution in [0.2, 0.25) is 0 Å². The zero-order valence-electron chi connectivity index (χ0n) is 29.2. The number of rotatable bonds is 3. The van der Waals surface area contributed by atoms with Crippen LogP contribution in [0.4, 0.5) is 0 Å². The summed E-state index contributed by atoms with van der Waals surface area (Å²) in [6, 6.07) is 17.7. The molecule has 0 atom stereocenters.